The van der Waals surface area contributed by atoms with Crippen LogP contribution in [-0.2, 0) is 11.2 Å². The van der Waals surface area contributed by atoms with Crippen molar-refractivity contribution in [1.82, 2.24) is 10.6 Å². The highest BCUT2D eigenvalue weighted by atomic mass is 16.5. The molecule has 4 saturated carbocycles. The van der Waals surface area contributed by atoms with Crippen LogP contribution in [0.3, 0.4) is 0 Å². The molecular formula is C37H59N3O. The summed E-state index contributed by atoms with van der Waals surface area (Å²) in [5, 5.41) is 7.87. The molecule has 0 aromatic heterocycles. The van der Waals surface area contributed by atoms with Crippen LogP contribution in [0.1, 0.15) is 104 Å². The van der Waals surface area contributed by atoms with E-state index in [1.165, 1.54) is 69.8 Å². The number of nitrogens with one attached hydrogen (secondary N) is 2. The van der Waals surface area contributed by atoms with Gasteiger partial charge in [-0.05, 0) is 129 Å². The molecule has 4 heteroatoms. The summed E-state index contributed by atoms with van der Waals surface area (Å²) in [6.07, 6.45) is 16.4. The van der Waals surface area contributed by atoms with Crippen molar-refractivity contribution in [3.63, 3.8) is 0 Å². The van der Waals surface area contributed by atoms with Crippen LogP contribution in [0.4, 0.5) is 0 Å². The Labute approximate surface area is 250 Å². The second-order valence-corrected chi connectivity index (χ2v) is 16.5. The average Bonchev–Trinajstić information content (AvgIpc) is 3.42. The molecule has 2 saturated heterocycles. The van der Waals surface area contributed by atoms with E-state index in [0.717, 1.165) is 61.4 Å². The van der Waals surface area contributed by atoms with Crippen LogP contribution in [-0.4, -0.2) is 37.0 Å². The summed E-state index contributed by atoms with van der Waals surface area (Å²) in [6, 6.07) is 11.7. The lowest BCUT2D eigenvalue weighted by atomic mass is 9.44. The number of hydrogen-bond acceptors (Lipinski definition) is 4. The molecule has 1 aromatic rings. The minimum atomic E-state index is -0.0359. The van der Waals surface area contributed by atoms with Crippen molar-refractivity contribution < 1.29 is 4.74 Å². The maximum Gasteiger partial charge on any atom is 0.122 e. The molecule has 2 aliphatic heterocycles. The lowest BCUT2D eigenvalue weighted by molar-refractivity contribution is -0.134. The molecule has 7 rings (SSSR count). The van der Waals surface area contributed by atoms with E-state index in [1.807, 2.05) is 0 Å². The van der Waals surface area contributed by atoms with E-state index in [-0.39, 0.29) is 11.8 Å². The second kappa shape index (κ2) is 10.9. The number of piperidine rings is 1. The summed E-state index contributed by atoms with van der Waals surface area (Å²) in [5.41, 5.74) is 8.94. The smallest absolute Gasteiger partial charge is 0.122 e. The molecule has 4 aliphatic carbocycles. The van der Waals surface area contributed by atoms with Crippen LogP contribution in [0.25, 0.3) is 0 Å². The van der Waals surface area contributed by atoms with Gasteiger partial charge in [-0.15, -0.1) is 0 Å². The molecule has 1 spiro atoms. The molecule has 2 heterocycles. The molecule has 4 nitrogen and oxygen atoms in total. The van der Waals surface area contributed by atoms with Crippen molar-refractivity contribution in [1.29, 1.82) is 0 Å². The first-order chi connectivity index (χ1) is 19.7. The van der Waals surface area contributed by atoms with Gasteiger partial charge in [0.05, 0.1) is 6.10 Å². The molecule has 41 heavy (non-hydrogen) atoms. The van der Waals surface area contributed by atoms with E-state index in [2.05, 4.69) is 68.7 Å². The number of nitrogens with two attached hydrogens (primary N) is 1. The Balaban J connectivity index is 0.961. The quantitative estimate of drug-likeness (QED) is 0.353. The number of rotatable bonds is 6. The van der Waals surface area contributed by atoms with Gasteiger partial charge in [0.15, 0.2) is 0 Å². The summed E-state index contributed by atoms with van der Waals surface area (Å²) in [7, 11) is 0. The number of fused-ring (bicyclic) bond motifs is 7. The largest absolute Gasteiger partial charge is 0.357 e. The van der Waals surface area contributed by atoms with Crippen LogP contribution in [0.2, 0.25) is 0 Å². The molecule has 0 amide bonds. The summed E-state index contributed by atoms with van der Waals surface area (Å²) in [6.45, 7) is 12.5. The van der Waals surface area contributed by atoms with Gasteiger partial charge in [-0.25, -0.2) is 0 Å². The highest BCUT2D eigenvalue weighted by Gasteiger charge is 2.68. The van der Waals surface area contributed by atoms with Crippen LogP contribution in [0.15, 0.2) is 30.3 Å². The van der Waals surface area contributed by atoms with E-state index in [4.69, 9.17) is 10.5 Å². The Morgan fingerprint density at radius 3 is 2.54 bits per heavy atom. The Hall–Kier alpha value is -0.940. The van der Waals surface area contributed by atoms with Crippen molar-refractivity contribution in [2.75, 3.05) is 13.1 Å². The number of aryl methyl sites for hydroxylation is 1. The summed E-state index contributed by atoms with van der Waals surface area (Å²) in [4.78, 5) is 0. The Bertz CT molecular complexity index is 1050. The standard InChI is InChI=1S/C37H59N3O/c1-24-14-19-37(40-22-24)25(2)34-33(41-37)21-32-30-13-11-27-20-29(15-17-35(27,3)31(30)16-18-36(32,34)4)39-23-28(38)12-10-26-8-6-5-7-9-26/h5-9,24-25,27-34,39-40H,10-23,38H2,1-4H3/t24-,25-,27-,28+,29?,30+,31-,32-,33-,34-,35-,36-,37-/m0/s1. The molecule has 4 N–H and O–H groups in total. The summed E-state index contributed by atoms with van der Waals surface area (Å²) >= 11 is 0. The predicted molar refractivity (Wildman–Crippen MR) is 168 cm³/mol. The first-order valence-electron chi connectivity index (χ1n) is 17.7. The summed E-state index contributed by atoms with van der Waals surface area (Å²) in [5.74, 6) is 5.76. The third-order valence-corrected chi connectivity index (χ3v) is 14.5. The highest BCUT2D eigenvalue weighted by Crippen LogP contribution is 2.71. The van der Waals surface area contributed by atoms with Gasteiger partial charge < -0.3 is 15.8 Å². The van der Waals surface area contributed by atoms with Gasteiger partial charge in [0.25, 0.3) is 0 Å². The van der Waals surface area contributed by atoms with Crippen LogP contribution >= 0.6 is 0 Å². The van der Waals surface area contributed by atoms with Crippen molar-refractivity contribution in [2.45, 2.75) is 129 Å². The van der Waals surface area contributed by atoms with Crippen molar-refractivity contribution in [2.24, 2.45) is 58.0 Å². The topological polar surface area (TPSA) is 59.3 Å². The third-order valence-electron chi connectivity index (χ3n) is 14.5. The van der Waals surface area contributed by atoms with Gasteiger partial charge in [0, 0.05) is 31.1 Å². The minimum absolute atomic E-state index is 0.0359. The number of hydrogen-bond donors (Lipinski definition) is 3. The molecule has 13 atom stereocenters. The van der Waals surface area contributed by atoms with Crippen molar-refractivity contribution in [3.8, 4) is 0 Å². The number of ether oxygens (including phenoxy) is 1. The molecule has 0 radical (unpaired) electrons. The van der Waals surface area contributed by atoms with Crippen molar-refractivity contribution >= 4 is 0 Å². The fraction of sp³-hybridized carbons (Fsp3) is 0.838. The van der Waals surface area contributed by atoms with E-state index in [0.29, 0.717) is 28.9 Å². The van der Waals surface area contributed by atoms with Gasteiger partial charge >= 0.3 is 0 Å². The first kappa shape index (κ1) is 28.8. The maximum atomic E-state index is 7.12. The van der Waals surface area contributed by atoms with E-state index >= 15 is 0 Å². The third kappa shape index (κ3) is 4.86. The maximum absolute atomic E-state index is 7.12. The zero-order chi connectivity index (χ0) is 28.4. The van der Waals surface area contributed by atoms with E-state index in [1.54, 1.807) is 0 Å². The van der Waals surface area contributed by atoms with E-state index in [9.17, 15) is 0 Å². The number of benzene rings is 1. The Kier molecular flexibility index (Phi) is 7.66. The molecule has 1 unspecified atom stereocenters. The predicted octanol–water partition coefficient (Wildman–Crippen LogP) is 6.92. The Morgan fingerprint density at radius 2 is 1.76 bits per heavy atom. The molecule has 6 aliphatic rings. The Morgan fingerprint density at radius 1 is 0.951 bits per heavy atom. The van der Waals surface area contributed by atoms with Gasteiger partial charge in [0.2, 0.25) is 0 Å². The molecular weight excluding hydrogens is 502 g/mol. The van der Waals surface area contributed by atoms with Crippen LogP contribution in [0, 0.1) is 52.3 Å². The molecule has 1 aromatic carbocycles. The molecule has 228 valence electrons. The van der Waals surface area contributed by atoms with E-state index < -0.39 is 0 Å². The van der Waals surface area contributed by atoms with Crippen molar-refractivity contribution in [3.05, 3.63) is 35.9 Å². The zero-order valence-electron chi connectivity index (χ0n) is 26.5. The monoisotopic (exact) mass is 561 g/mol. The van der Waals surface area contributed by atoms with Gasteiger partial charge in [0.1, 0.15) is 5.72 Å². The van der Waals surface area contributed by atoms with Gasteiger partial charge in [-0.3, -0.25) is 5.32 Å². The molecule has 0 bridgehead atoms. The highest BCUT2D eigenvalue weighted by molar-refractivity contribution is 5.17. The second-order valence-electron chi connectivity index (χ2n) is 16.5. The first-order valence-corrected chi connectivity index (χ1v) is 17.7. The fourth-order valence-electron chi connectivity index (χ4n) is 12.1. The van der Waals surface area contributed by atoms with Gasteiger partial charge in [-0.1, -0.05) is 58.0 Å². The zero-order valence-corrected chi connectivity index (χ0v) is 26.5. The SMILES string of the molecule is C[C@H]1CC[C@]2(NC1)O[C@H]1C[C@H]3[C@@H]4CC[C@H]5CC(NC[C@H](N)CCc6ccccc6)CC[C@]5(C)[C@H]4CC[C@]3(C)[C@H]1[C@@H]2C. The van der Waals surface area contributed by atoms with Crippen LogP contribution in [0.5, 0.6) is 0 Å². The normalized spacial score (nSPS) is 49.6. The van der Waals surface area contributed by atoms with Gasteiger partial charge in [-0.2, -0.15) is 0 Å². The molecule has 6 fully saturated rings. The lowest BCUT2D eigenvalue weighted by Crippen LogP contribution is -2.58. The fourth-order valence-corrected chi connectivity index (χ4v) is 12.1. The minimum Gasteiger partial charge on any atom is -0.357 e. The average molecular weight is 562 g/mol. The van der Waals surface area contributed by atoms with Crippen LogP contribution < -0.4 is 16.4 Å². The summed E-state index contributed by atoms with van der Waals surface area (Å²) < 4.78 is 7.12. The lowest BCUT2D eigenvalue weighted by Gasteiger charge is -2.61.